The summed E-state index contributed by atoms with van der Waals surface area (Å²) < 4.78 is 0. The quantitative estimate of drug-likeness (QED) is 0.763. The molecule has 0 aliphatic rings. The van der Waals surface area contributed by atoms with Crippen molar-refractivity contribution in [1.29, 1.82) is 0 Å². The Hall–Kier alpha value is -0.940. The van der Waals surface area contributed by atoms with Gasteiger partial charge in [0.15, 0.2) is 5.13 Å². The second kappa shape index (κ2) is 4.94. The second-order valence-electron chi connectivity index (χ2n) is 2.65. The first kappa shape index (κ1) is 10.1. The number of aliphatic hydroxyl groups excluding tert-OH is 1. The summed E-state index contributed by atoms with van der Waals surface area (Å²) >= 11 is 1.40. The topological polar surface area (TPSA) is 62.2 Å². The highest BCUT2D eigenvalue weighted by Gasteiger charge is 2.02. The van der Waals surface area contributed by atoms with Crippen LogP contribution in [0.4, 0.5) is 5.13 Å². The van der Waals surface area contributed by atoms with E-state index >= 15 is 0 Å². The van der Waals surface area contributed by atoms with Crippen molar-refractivity contribution in [3.8, 4) is 0 Å². The number of carbonyl (C=O) groups excluding carboxylic acids is 1. The molecule has 0 radical (unpaired) electrons. The average Bonchev–Trinajstić information content (AvgIpc) is 2.48. The van der Waals surface area contributed by atoms with Gasteiger partial charge in [0, 0.05) is 18.9 Å². The van der Waals surface area contributed by atoms with E-state index in [1.807, 2.05) is 5.38 Å². The molecular weight excluding hydrogens is 188 g/mol. The lowest BCUT2D eigenvalue weighted by molar-refractivity contribution is -0.114. The Bertz CT molecular complexity index is 285. The number of nitrogens with one attached hydrogen (secondary N) is 1. The fraction of sp³-hybridized carbons (Fsp3) is 0.500. The highest BCUT2D eigenvalue weighted by molar-refractivity contribution is 7.13. The Labute approximate surface area is 80.6 Å². The van der Waals surface area contributed by atoms with Gasteiger partial charge in [-0.15, -0.1) is 11.3 Å². The Balaban J connectivity index is 2.48. The van der Waals surface area contributed by atoms with E-state index in [1.165, 1.54) is 18.3 Å². The molecule has 1 heterocycles. The third-order valence-electron chi connectivity index (χ3n) is 1.43. The summed E-state index contributed by atoms with van der Waals surface area (Å²) in [6.07, 6.45) is 1.47. The van der Waals surface area contributed by atoms with Gasteiger partial charge in [0.1, 0.15) is 0 Å². The normalized spacial score (nSPS) is 10.0. The molecule has 0 atom stereocenters. The van der Waals surface area contributed by atoms with Crippen molar-refractivity contribution in [3.05, 3.63) is 11.1 Å². The monoisotopic (exact) mass is 200 g/mol. The molecular formula is C8H12N2O2S. The van der Waals surface area contributed by atoms with Gasteiger partial charge in [0.25, 0.3) is 0 Å². The lowest BCUT2D eigenvalue weighted by Crippen LogP contribution is -2.05. The van der Waals surface area contributed by atoms with Gasteiger partial charge in [-0.25, -0.2) is 4.98 Å². The molecule has 1 aromatic heterocycles. The van der Waals surface area contributed by atoms with Crippen molar-refractivity contribution in [1.82, 2.24) is 4.98 Å². The Morgan fingerprint density at radius 1 is 1.77 bits per heavy atom. The van der Waals surface area contributed by atoms with Crippen molar-refractivity contribution in [2.24, 2.45) is 0 Å². The number of carbonyl (C=O) groups is 1. The molecule has 0 aliphatic heterocycles. The van der Waals surface area contributed by atoms with Crippen molar-refractivity contribution in [2.45, 2.75) is 19.8 Å². The summed E-state index contributed by atoms with van der Waals surface area (Å²) in [4.78, 5) is 14.8. The number of anilines is 1. The standard InChI is InChI=1S/C8H12N2O2S/c1-6(12)9-8-10-7(5-13-8)3-2-4-11/h5,11H,2-4H2,1H3,(H,9,10,12). The molecule has 72 valence electrons. The summed E-state index contributed by atoms with van der Waals surface area (Å²) in [6.45, 7) is 1.63. The van der Waals surface area contributed by atoms with Crippen LogP contribution < -0.4 is 5.32 Å². The van der Waals surface area contributed by atoms with E-state index in [4.69, 9.17) is 5.11 Å². The predicted octanol–water partition coefficient (Wildman–Crippen LogP) is 1.03. The summed E-state index contributed by atoms with van der Waals surface area (Å²) in [5.41, 5.74) is 0.919. The maximum atomic E-state index is 10.7. The molecule has 13 heavy (non-hydrogen) atoms. The van der Waals surface area contributed by atoms with Crippen LogP contribution >= 0.6 is 11.3 Å². The zero-order valence-electron chi connectivity index (χ0n) is 7.41. The van der Waals surface area contributed by atoms with Gasteiger partial charge in [-0.05, 0) is 12.8 Å². The van der Waals surface area contributed by atoms with Crippen LogP contribution in [0, 0.1) is 0 Å². The highest BCUT2D eigenvalue weighted by Crippen LogP contribution is 2.15. The minimum atomic E-state index is -0.108. The zero-order valence-corrected chi connectivity index (χ0v) is 8.23. The number of aliphatic hydroxyl groups is 1. The van der Waals surface area contributed by atoms with Gasteiger partial charge >= 0.3 is 0 Å². The van der Waals surface area contributed by atoms with Crippen LogP contribution in [0.2, 0.25) is 0 Å². The number of amides is 1. The molecule has 1 rings (SSSR count). The van der Waals surface area contributed by atoms with Gasteiger partial charge in [-0.3, -0.25) is 4.79 Å². The summed E-state index contributed by atoms with van der Waals surface area (Å²) in [5, 5.41) is 13.7. The van der Waals surface area contributed by atoms with E-state index in [9.17, 15) is 4.79 Å². The van der Waals surface area contributed by atoms with E-state index in [0.29, 0.717) is 11.6 Å². The lowest BCUT2D eigenvalue weighted by Gasteiger charge is -1.94. The molecule has 0 saturated heterocycles. The zero-order chi connectivity index (χ0) is 9.68. The third kappa shape index (κ3) is 3.52. The first-order chi connectivity index (χ1) is 6.22. The lowest BCUT2D eigenvalue weighted by atomic mass is 10.3. The number of nitrogens with zero attached hydrogens (tertiary/aromatic N) is 1. The van der Waals surface area contributed by atoms with Crippen molar-refractivity contribution in [3.63, 3.8) is 0 Å². The molecule has 2 N–H and O–H groups in total. The molecule has 0 unspecified atom stereocenters. The Morgan fingerprint density at radius 3 is 3.15 bits per heavy atom. The third-order valence-corrected chi connectivity index (χ3v) is 2.23. The minimum Gasteiger partial charge on any atom is -0.396 e. The highest BCUT2D eigenvalue weighted by atomic mass is 32.1. The molecule has 1 aromatic rings. The van der Waals surface area contributed by atoms with Crippen LogP contribution in [0.5, 0.6) is 0 Å². The second-order valence-corrected chi connectivity index (χ2v) is 3.51. The van der Waals surface area contributed by atoms with Crippen LogP contribution in [0.3, 0.4) is 0 Å². The molecule has 0 bridgehead atoms. The first-order valence-electron chi connectivity index (χ1n) is 4.05. The smallest absolute Gasteiger partial charge is 0.223 e. The van der Waals surface area contributed by atoms with Crippen LogP contribution in [0.25, 0.3) is 0 Å². The largest absolute Gasteiger partial charge is 0.396 e. The Morgan fingerprint density at radius 2 is 2.54 bits per heavy atom. The summed E-state index contributed by atoms with van der Waals surface area (Å²) in [6, 6.07) is 0. The molecule has 0 aromatic carbocycles. The van der Waals surface area contributed by atoms with Gasteiger partial charge in [-0.2, -0.15) is 0 Å². The average molecular weight is 200 g/mol. The number of thiazole rings is 1. The van der Waals surface area contributed by atoms with Crippen molar-refractivity contribution < 1.29 is 9.90 Å². The number of hydrogen-bond acceptors (Lipinski definition) is 4. The fourth-order valence-corrected chi connectivity index (χ4v) is 1.68. The number of aromatic nitrogens is 1. The molecule has 0 aliphatic carbocycles. The van der Waals surface area contributed by atoms with Crippen molar-refractivity contribution >= 4 is 22.4 Å². The van der Waals surface area contributed by atoms with Gasteiger partial charge in [0.05, 0.1) is 5.69 Å². The maximum absolute atomic E-state index is 10.7. The van der Waals surface area contributed by atoms with Gasteiger partial charge < -0.3 is 10.4 Å². The van der Waals surface area contributed by atoms with E-state index in [-0.39, 0.29) is 12.5 Å². The molecule has 0 spiro atoms. The van der Waals surface area contributed by atoms with Crippen LogP contribution in [-0.4, -0.2) is 22.6 Å². The van der Waals surface area contributed by atoms with E-state index in [2.05, 4.69) is 10.3 Å². The molecule has 0 saturated carbocycles. The molecule has 1 amide bonds. The number of rotatable bonds is 4. The minimum absolute atomic E-state index is 0.108. The van der Waals surface area contributed by atoms with Gasteiger partial charge in [-0.1, -0.05) is 0 Å². The predicted molar refractivity (Wildman–Crippen MR) is 51.8 cm³/mol. The Kier molecular flexibility index (Phi) is 3.85. The van der Waals surface area contributed by atoms with E-state index in [0.717, 1.165) is 12.1 Å². The molecule has 0 fully saturated rings. The fourth-order valence-electron chi connectivity index (χ4n) is 0.890. The molecule has 4 nitrogen and oxygen atoms in total. The SMILES string of the molecule is CC(=O)Nc1nc(CCCO)cs1. The van der Waals surface area contributed by atoms with E-state index in [1.54, 1.807) is 0 Å². The van der Waals surface area contributed by atoms with Crippen LogP contribution in [0.15, 0.2) is 5.38 Å². The molecule has 5 heteroatoms. The number of hydrogen-bond donors (Lipinski definition) is 2. The van der Waals surface area contributed by atoms with E-state index < -0.39 is 0 Å². The van der Waals surface area contributed by atoms with Crippen LogP contribution in [0.1, 0.15) is 19.0 Å². The number of aryl methyl sites for hydroxylation is 1. The maximum Gasteiger partial charge on any atom is 0.223 e. The first-order valence-corrected chi connectivity index (χ1v) is 4.93. The summed E-state index contributed by atoms with van der Waals surface area (Å²) in [7, 11) is 0. The van der Waals surface area contributed by atoms with Crippen molar-refractivity contribution in [2.75, 3.05) is 11.9 Å². The van der Waals surface area contributed by atoms with Crippen LogP contribution in [-0.2, 0) is 11.2 Å². The van der Waals surface area contributed by atoms with Gasteiger partial charge in [0.2, 0.25) is 5.91 Å². The summed E-state index contributed by atoms with van der Waals surface area (Å²) in [5.74, 6) is -0.108.